The molecule has 0 bridgehead atoms. The van der Waals surface area contributed by atoms with Crippen molar-refractivity contribution in [3.63, 3.8) is 0 Å². The van der Waals surface area contributed by atoms with Crippen molar-refractivity contribution in [2.45, 2.75) is 9.79 Å². The molecule has 4 nitrogen and oxygen atoms in total. The molecule has 0 unspecified atom stereocenters. The van der Waals surface area contributed by atoms with E-state index in [1.807, 2.05) is 24.5 Å². The van der Waals surface area contributed by atoms with Gasteiger partial charge in [-0.3, -0.25) is 4.79 Å². The van der Waals surface area contributed by atoms with Crippen LogP contribution in [-0.2, 0) is 9.59 Å². The van der Waals surface area contributed by atoms with Crippen molar-refractivity contribution in [2.24, 2.45) is 0 Å². The molecule has 17 heavy (non-hydrogen) atoms. The van der Waals surface area contributed by atoms with E-state index in [9.17, 15) is 9.59 Å². The minimum atomic E-state index is -1.41. The Balaban J connectivity index is 2.38. The van der Waals surface area contributed by atoms with Gasteiger partial charge in [-0.1, -0.05) is 0 Å². The average Bonchev–Trinajstić information content (AvgIpc) is 2.36. The first kappa shape index (κ1) is 12.3. The minimum Gasteiger partial charge on any atom is -0.474 e. The molecule has 0 aliphatic carbocycles. The van der Waals surface area contributed by atoms with Crippen LogP contribution in [0.15, 0.2) is 28.0 Å². The van der Waals surface area contributed by atoms with Gasteiger partial charge in [-0.2, -0.15) is 0 Å². The summed E-state index contributed by atoms with van der Waals surface area (Å²) in [5, 5.41) is 8.76. The zero-order valence-electron chi connectivity index (χ0n) is 9.17. The summed E-state index contributed by atoms with van der Waals surface area (Å²) in [5.74, 6) is -1.54. The first-order valence-corrected chi connectivity index (χ1v) is 7.20. The van der Waals surface area contributed by atoms with Crippen LogP contribution in [0, 0.1) is 0 Å². The van der Waals surface area contributed by atoms with Crippen molar-refractivity contribution >= 4 is 41.1 Å². The molecule has 0 fully saturated rings. The van der Waals surface area contributed by atoms with Crippen molar-refractivity contribution in [1.82, 2.24) is 0 Å². The molecule has 90 valence electrons. The summed E-state index contributed by atoms with van der Waals surface area (Å²) in [4.78, 5) is 25.7. The summed E-state index contributed by atoms with van der Waals surface area (Å²) in [6.07, 6.45) is 1.98. The number of fused-ring (bicyclic) bond motifs is 1. The second kappa shape index (κ2) is 5.01. The fourth-order valence-electron chi connectivity index (χ4n) is 1.65. The van der Waals surface area contributed by atoms with Gasteiger partial charge in [-0.25, -0.2) is 4.79 Å². The number of carbonyl (C=O) groups excluding carboxylic acids is 1. The molecule has 0 aromatic heterocycles. The van der Waals surface area contributed by atoms with Crippen molar-refractivity contribution in [3.05, 3.63) is 18.2 Å². The summed E-state index contributed by atoms with van der Waals surface area (Å²) in [6, 6.07) is 5.71. The van der Waals surface area contributed by atoms with E-state index >= 15 is 0 Å². The Bertz CT molecular complexity index is 476. The van der Waals surface area contributed by atoms with Gasteiger partial charge in [0.2, 0.25) is 0 Å². The summed E-state index contributed by atoms with van der Waals surface area (Å²) in [7, 11) is 0. The zero-order valence-corrected chi connectivity index (χ0v) is 10.8. The van der Waals surface area contributed by atoms with Gasteiger partial charge in [-0.15, -0.1) is 23.5 Å². The molecule has 6 heteroatoms. The van der Waals surface area contributed by atoms with Crippen LogP contribution in [0.1, 0.15) is 0 Å². The Kier molecular flexibility index (Phi) is 3.63. The zero-order chi connectivity index (χ0) is 12.4. The second-order valence-electron chi connectivity index (χ2n) is 3.44. The van der Waals surface area contributed by atoms with Gasteiger partial charge in [0, 0.05) is 22.1 Å². The van der Waals surface area contributed by atoms with E-state index in [-0.39, 0.29) is 0 Å². The van der Waals surface area contributed by atoms with E-state index in [0.717, 1.165) is 15.5 Å². The number of aliphatic carboxylic acids is 1. The van der Waals surface area contributed by atoms with E-state index < -0.39 is 11.9 Å². The molecule has 1 aliphatic heterocycles. The van der Waals surface area contributed by atoms with Gasteiger partial charge in [0.1, 0.15) is 0 Å². The third kappa shape index (κ3) is 2.42. The maximum absolute atomic E-state index is 11.5. The van der Waals surface area contributed by atoms with Crippen LogP contribution in [-0.4, -0.2) is 35.5 Å². The molecule has 0 saturated carbocycles. The summed E-state index contributed by atoms with van der Waals surface area (Å²) in [6.45, 7) is 0.446. The number of nitrogens with zero attached hydrogens (tertiary/aromatic N) is 1. The molecule has 0 saturated heterocycles. The fraction of sp³-hybridized carbons (Fsp3) is 0.273. The SMILES string of the molecule is CSc1ccc2c(c1)SCCN2C(=O)C(=O)O. The highest BCUT2D eigenvalue weighted by Gasteiger charge is 2.27. The Morgan fingerprint density at radius 3 is 2.88 bits per heavy atom. The maximum Gasteiger partial charge on any atom is 0.394 e. The number of hydrogen-bond acceptors (Lipinski definition) is 4. The number of thioether (sulfide) groups is 2. The standard InChI is InChI=1S/C11H11NO3S2/c1-16-7-2-3-8-9(6-7)17-5-4-12(8)10(13)11(14)15/h2-3,6H,4-5H2,1H3,(H,14,15). The highest BCUT2D eigenvalue weighted by Crippen LogP contribution is 2.37. The monoisotopic (exact) mass is 269 g/mol. The van der Waals surface area contributed by atoms with Crippen molar-refractivity contribution in [2.75, 3.05) is 23.5 Å². The lowest BCUT2D eigenvalue weighted by atomic mass is 10.2. The third-order valence-electron chi connectivity index (χ3n) is 2.46. The molecule has 0 spiro atoms. The lowest BCUT2D eigenvalue weighted by molar-refractivity contribution is -0.148. The van der Waals surface area contributed by atoms with Crippen molar-refractivity contribution in [3.8, 4) is 0 Å². The minimum absolute atomic E-state index is 0.446. The smallest absolute Gasteiger partial charge is 0.394 e. The van der Waals surface area contributed by atoms with E-state index in [0.29, 0.717) is 12.2 Å². The molecule has 1 aromatic rings. The molecule has 1 aromatic carbocycles. The first-order chi connectivity index (χ1) is 8.13. The Morgan fingerprint density at radius 1 is 1.47 bits per heavy atom. The number of amides is 1. The lowest BCUT2D eigenvalue weighted by Crippen LogP contribution is -2.39. The van der Waals surface area contributed by atoms with Crippen LogP contribution < -0.4 is 4.90 Å². The Morgan fingerprint density at radius 2 is 2.24 bits per heavy atom. The quantitative estimate of drug-likeness (QED) is 0.623. The molecule has 0 radical (unpaired) electrons. The van der Waals surface area contributed by atoms with Crippen LogP contribution >= 0.6 is 23.5 Å². The molecule has 2 rings (SSSR count). The van der Waals surface area contributed by atoms with Gasteiger partial charge < -0.3 is 10.0 Å². The second-order valence-corrected chi connectivity index (χ2v) is 5.46. The van der Waals surface area contributed by atoms with Gasteiger partial charge in [0.05, 0.1) is 5.69 Å². The summed E-state index contributed by atoms with van der Waals surface area (Å²) in [5.41, 5.74) is 0.700. The number of carboxylic acid groups (broad SMARTS) is 1. The highest BCUT2D eigenvalue weighted by molar-refractivity contribution is 8.00. The van der Waals surface area contributed by atoms with Gasteiger partial charge in [-0.05, 0) is 24.5 Å². The third-order valence-corrected chi connectivity index (χ3v) is 4.21. The van der Waals surface area contributed by atoms with Crippen molar-refractivity contribution in [1.29, 1.82) is 0 Å². The van der Waals surface area contributed by atoms with E-state index in [1.54, 1.807) is 23.5 Å². The van der Waals surface area contributed by atoms with Crippen molar-refractivity contribution < 1.29 is 14.7 Å². The largest absolute Gasteiger partial charge is 0.474 e. The molecule has 1 aliphatic rings. The lowest BCUT2D eigenvalue weighted by Gasteiger charge is -2.27. The average molecular weight is 269 g/mol. The van der Waals surface area contributed by atoms with Gasteiger partial charge >= 0.3 is 11.9 Å². The van der Waals surface area contributed by atoms with E-state index in [4.69, 9.17) is 5.11 Å². The number of carbonyl (C=O) groups is 2. The molecule has 0 atom stereocenters. The predicted octanol–water partition coefficient (Wildman–Crippen LogP) is 1.93. The molecule has 1 heterocycles. The van der Waals surface area contributed by atoms with Gasteiger partial charge in [0.15, 0.2) is 0 Å². The number of rotatable bonds is 1. The van der Waals surface area contributed by atoms with Crippen LogP contribution in [0.25, 0.3) is 0 Å². The number of carboxylic acids is 1. The Hall–Kier alpha value is -1.14. The number of benzene rings is 1. The summed E-state index contributed by atoms with van der Waals surface area (Å²) < 4.78 is 0. The Labute approximate surface area is 107 Å². The number of hydrogen-bond donors (Lipinski definition) is 1. The molecular weight excluding hydrogens is 258 g/mol. The molecule has 1 amide bonds. The normalized spacial score (nSPS) is 14.3. The first-order valence-electron chi connectivity index (χ1n) is 4.99. The van der Waals surface area contributed by atoms with Crippen LogP contribution in [0.5, 0.6) is 0 Å². The topological polar surface area (TPSA) is 57.6 Å². The fourth-order valence-corrected chi connectivity index (χ4v) is 3.20. The number of anilines is 1. The highest BCUT2D eigenvalue weighted by atomic mass is 32.2. The van der Waals surface area contributed by atoms with Crippen LogP contribution in [0.2, 0.25) is 0 Å². The predicted molar refractivity (Wildman–Crippen MR) is 68.9 cm³/mol. The van der Waals surface area contributed by atoms with Gasteiger partial charge in [0.25, 0.3) is 0 Å². The van der Waals surface area contributed by atoms with Crippen LogP contribution in [0.3, 0.4) is 0 Å². The summed E-state index contributed by atoms with van der Waals surface area (Å²) >= 11 is 3.28. The maximum atomic E-state index is 11.5. The molecule has 1 N–H and O–H groups in total. The van der Waals surface area contributed by atoms with Crippen LogP contribution in [0.4, 0.5) is 5.69 Å². The molecular formula is C11H11NO3S2. The van der Waals surface area contributed by atoms with E-state index in [1.165, 1.54) is 4.90 Å². The van der Waals surface area contributed by atoms with E-state index in [2.05, 4.69) is 0 Å².